The van der Waals surface area contributed by atoms with Gasteiger partial charge in [0.2, 0.25) is 0 Å². The third-order valence-corrected chi connectivity index (χ3v) is 3.69. The summed E-state index contributed by atoms with van der Waals surface area (Å²) in [6.45, 7) is 0. The maximum Gasteiger partial charge on any atom is 0.170 e. The lowest BCUT2D eigenvalue weighted by Crippen LogP contribution is -1.80. The van der Waals surface area contributed by atoms with Crippen LogP contribution in [0.4, 0.5) is 0 Å². The first-order valence-electron chi connectivity index (χ1n) is 5.01. The van der Waals surface area contributed by atoms with Crippen molar-refractivity contribution in [2.24, 2.45) is 0 Å². The molecule has 1 aromatic carbocycles. The number of benzene rings is 1. The first-order valence-corrected chi connectivity index (χ1v) is 6.19. The minimum Gasteiger partial charge on any atom is -0.360 e. The molecule has 1 fully saturated rings. The summed E-state index contributed by atoms with van der Waals surface area (Å²) < 4.78 is 21.8. The number of aromatic amines is 1. The van der Waals surface area contributed by atoms with Crippen molar-refractivity contribution in [2.45, 2.75) is 23.7 Å². The van der Waals surface area contributed by atoms with Gasteiger partial charge in [-0.3, -0.25) is 0 Å². The van der Waals surface area contributed by atoms with Crippen molar-refractivity contribution in [2.75, 3.05) is 0 Å². The fourth-order valence-electron chi connectivity index (χ4n) is 1.95. The normalized spacial score (nSPS) is 16.3. The second kappa shape index (κ2) is 3.10. The summed E-state index contributed by atoms with van der Waals surface area (Å²) in [7, 11) is -2.50. The van der Waals surface area contributed by atoms with E-state index in [2.05, 4.69) is 11.1 Å². The summed E-state index contributed by atoms with van der Waals surface area (Å²) in [6.07, 6.45) is 4.08. The Morgan fingerprint density at radius 1 is 1.27 bits per heavy atom. The monoisotopic (exact) mass is 221 g/mol. The molecule has 0 amide bonds. The third kappa shape index (κ3) is 1.45. The van der Waals surface area contributed by atoms with Gasteiger partial charge in [0.1, 0.15) is 0 Å². The molecule has 0 radical (unpaired) electrons. The van der Waals surface area contributed by atoms with Crippen LogP contribution >= 0.6 is 0 Å². The molecule has 4 heteroatoms. The van der Waals surface area contributed by atoms with Crippen LogP contribution in [-0.2, 0) is 10.7 Å². The Labute approximate surface area is 89.1 Å². The first kappa shape index (κ1) is 8.97. The number of fused-ring (bicyclic) bond motifs is 1. The third-order valence-electron chi connectivity index (χ3n) is 2.93. The van der Waals surface area contributed by atoms with Crippen LogP contribution in [0.2, 0.25) is 0 Å². The molecule has 0 aliphatic heterocycles. The molecule has 0 saturated heterocycles. The molecule has 1 aliphatic rings. The SMILES string of the molecule is O=[SH](=O)c1c[nH]c2cc(C3CC3)ccc12. The van der Waals surface area contributed by atoms with E-state index in [1.165, 1.54) is 18.4 Å². The van der Waals surface area contributed by atoms with E-state index in [0.717, 1.165) is 10.9 Å². The first-order chi connectivity index (χ1) is 7.25. The lowest BCUT2D eigenvalue weighted by atomic mass is 10.1. The predicted octanol–water partition coefficient (Wildman–Crippen LogP) is 2.02. The molecule has 1 saturated carbocycles. The average molecular weight is 221 g/mol. The second-order valence-electron chi connectivity index (χ2n) is 4.01. The van der Waals surface area contributed by atoms with Crippen molar-refractivity contribution in [1.82, 2.24) is 4.98 Å². The van der Waals surface area contributed by atoms with E-state index in [9.17, 15) is 8.42 Å². The molecule has 3 rings (SSSR count). The van der Waals surface area contributed by atoms with Gasteiger partial charge in [0.05, 0.1) is 4.90 Å². The van der Waals surface area contributed by atoms with Crippen molar-refractivity contribution >= 4 is 21.6 Å². The van der Waals surface area contributed by atoms with Gasteiger partial charge in [0, 0.05) is 17.1 Å². The van der Waals surface area contributed by atoms with E-state index in [-0.39, 0.29) is 0 Å². The van der Waals surface area contributed by atoms with E-state index in [0.29, 0.717) is 10.8 Å². The summed E-state index contributed by atoms with van der Waals surface area (Å²) in [5.41, 5.74) is 2.24. The summed E-state index contributed by atoms with van der Waals surface area (Å²) >= 11 is 0. The van der Waals surface area contributed by atoms with Crippen LogP contribution < -0.4 is 0 Å². The average Bonchev–Trinajstić information content (AvgIpc) is 2.97. The number of nitrogens with one attached hydrogen (secondary N) is 1. The van der Waals surface area contributed by atoms with Crippen LogP contribution in [0.1, 0.15) is 24.3 Å². The largest absolute Gasteiger partial charge is 0.360 e. The Morgan fingerprint density at radius 3 is 2.73 bits per heavy atom. The van der Waals surface area contributed by atoms with E-state index in [4.69, 9.17) is 0 Å². The molecule has 78 valence electrons. The maximum absolute atomic E-state index is 10.9. The van der Waals surface area contributed by atoms with Crippen LogP contribution in [0.25, 0.3) is 10.9 Å². The highest BCUT2D eigenvalue weighted by molar-refractivity contribution is 7.72. The molecule has 0 bridgehead atoms. The molecule has 0 atom stereocenters. The van der Waals surface area contributed by atoms with Crippen molar-refractivity contribution in [3.8, 4) is 0 Å². The highest BCUT2D eigenvalue weighted by atomic mass is 32.2. The van der Waals surface area contributed by atoms with Gasteiger partial charge < -0.3 is 4.98 Å². The van der Waals surface area contributed by atoms with Crippen molar-refractivity contribution < 1.29 is 8.42 Å². The molecule has 15 heavy (non-hydrogen) atoms. The zero-order chi connectivity index (χ0) is 10.4. The van der Waals surface area contributed by atoms with Crippen LogP contribution in [0, 0.1) is 0 Å². The lowest BCUT2D eigenvalue weighted by molar-refractivity contribution is 0.615. The molecular weight excluding hydrogens is 210 g/mol. The van der Waals surface area contributed by atoms with Gasteiger partial charge in [-0.25, -0.2) is 8.42 Å². The number of aromatic nitrogens is 1. The van der Waals surface area contributed by atoms with Crippen LogP contribution in [0.5, 0.6) is 0 Å². The standard InChI is InChI=1S/C11H11NO2S/c13-15(14)11-6-12-10-5-8(7-1-2-7)3-4-9(10)11/h3-7,12,15H,1-2H2. The van der Waals surface area contributed by atoms with Gasteiger partial charge in [-0.1, -0.05) is 12.1 Å². The highest BCUT2D eigenvalue weighted by Gasteiger charge is 2.23. The molecular formula is C11H11NO2S. The minimum absolute atomic E-state index is 0.391. The van der Waals surface area contributed by atoms with Gasteiger partial charge in [-0.15, -0.1) is 0 Å². The molecule has 0 unspecified atom stereocenters. The Bertz CT molecular complexity index is 586. The molecule has 1 heterocycles. The van der Waals surface area contributed by atoms with Gasteiger partial charge >= 0.3 is 0 Å². The summed E-state index contributed by atoms with van der Waals surface area (Å²) in [5, 5.41) is 0.801. The number of hydrogen-bond acceptors (Lipinski definition) is 2. The van der Waals surface area contributed by atoms with E-state index in [1.54, 1.807) is 6.20 Å². The predicted molar refractivity (Wildman–Crippen MR) is 58.9 cm³/mol. The Kier molecular flexibility index (Phi) is 1.85. The number of hydrogen-bond donors (Lipinski definition) is 2. The quantitative estimate of drug-likeness (QED) is 0.762. The number of rotatable bonds is 2. The molecule has 0 spiro atoms. The fourth-order valence-corrected chi connectivity index (χ4v) is 2.51. The van der Waals surface area contributed by atoms with E-state index >= 15 is 0 Å². The van der Waals surface area contributed by atoms with Crippen LogP contribution in [-0.4, -0.2) is 13.4 Å². The molecule has 2 aromatic rings. The summed E-state index contributed by atoms with van der Waals surface area (Å²) in [5.74, 6) is 0.696. The fraction of sp³-hybridized carbons (Fsp3) is 0.273. The second-order valence-corrected chi connectivity index (χ2v) is 5.01. The van der Waals surface area contributed by atoms with E-state index < -0.39 is 10.7 Å². The van der Waals surface area contributed by atoms with Gasteiger partial charge in [-0.05, 0) is 30.4 Å². The highest BCUT2D eigenvalue weighted by Crippen LogP contribution is 2.41. The number of H-pyrrole nitrogens is 1. The van der Waals surface area contributed by atoms with Gasteiger partial charge in [0.15, 0.2) is 10.7 Å². The topological polar surface area (TPSA) is 49.9 Å². The molecule has 1 aliphatic carbocycles. The Hall–Kier alpha value is -1.29. The van der Waals surface area contributed by atoms with Crippen molar-refractivity contribution in [1.29, 1.82) is 0 Å². The number of thiol groups is 1. The Balaban J connectivity index is 2.21. The molecule has 1 N–H and O–H groups in total. The van der Waals surface area contributed by atoms with Crippen molar-refractivity contribution in [3.63, 3.8) is 0 Å². The zero-order valence-corrected chi connectivity index (χ0v) is 8.96. The Morgan fingerprint density at radius 2 is 2.07 bits per heavy atom. The smallest absolute Gasteiger partial charge is 0.170 e. The lowest BCUT2D eigenvalue weighted by Gasteiger charge is -1.97. The van der Waals surface area contributed by atoms with Crippen molar-refractivity contribution in [3.05, 3.63) is 30.0 Å². The zero-order valence-electron chi connectivity index (χ0n) is 8.06. The summed E-state index contributed by atoms with van der Waals surface area (Å²) in [6, 6.07) is 6.01. The maximum atomic E-state index is 10.9. The van der Waals surface area contributed by atoms with Crippen LogP contribution in [0.15, 0.2) is 29.3 Å². The van der Waals surface area contributed by atoms with Crippen LogP contribution in [0.3, 0.4) is 0 Å². The molecule has 3 nitrogen and oxygen atoms in total. The minimum atomic E-state index is -2.50. The van der Waals surface area contributed by atoms with Gasteiger partial charge in [0.25, 0.3) is 0 Å². The molecule has 1 aromatic heterocycles. The van der Waals surface area contributed by atoms with E-state index in [1.807, 2.05) is 12.1 Å². The van der Waals surface area contributed by atoms with Gasteiger partial charge in [-0.2, -0.15) is 0 Å². The summed E-state index contributed by atoms with van der Waals surface area (Å²) in [4.78, 5) is 3.40.